The average molecular weight is 152 g/mol. The van der Waals surface area contributed by atoms with E-state index in [1.807, 2.05) is 41.1 Å². The maximum atomic E-state index is 5.76. The molecule has 0 radical (unpaired) electrons. The highest BCUT2D eigenvalue weighted by Crippen LogP contribution is 2.11. The van der Waals surface area contributed by atoms with Crippen molar-refractivity contribution in [2.24, 2.45) is 0 Å². The fraction of sp³-hybridized carbons (Fsp3) is 0. The van der Waals surface area contributed by atoms with Gasteiger partial charge in [0, 0.05) is 22.9 Å². The number of pyridine rings is 1. The molecule has 0 aliphatic rings. The Balaban J connectivity index is 2.86. The molecule has 10 heavy (non-hydrogen) atoms. The Hall–Kier alpha value is -0.950. The quantitative estimate of drug-likeness (QED) is 0.545. The number of halogens is 1. The zero-order chi connectivity index (χ0) is 6.97. The zero-order valence-corrected chi connectivity index (χ0v) is 6.05. The van der Waals surface area contributed by atoms with E-state index in [1.54, 1.807) is 0 Å². The summed E-state index contributed by atoms with van der Waals surface area (Å²) in [6.45, 7) is 0. The number of fused-ring (bicyclic) bond motifs is 1. The Bertz CT molecular complexity index is 351. The minimum atomic E-state index is 0.784. The summed E-state index contributed by atoms with van der Waals surface area (Å²) in [6, 6.07) is 7.81. The van der Waals surface area contributed by atoms with Crippen molar-refractivity contribution in [3.63, 3.8) is 0 Å². The van der Waals surface area contributed by atoms with E-state index in [0.717, 1.165) is 10.5 Å². The van der Waals surface area contributed by atoms with Crippen LogP contribution in [0.4, 0.5) is 0 Å². The van der Waals surface area contributed by atoms with Gasteiger partial charge in [-0.2, -0.15) is 0 Å². The summed E-state index contributed by atoms with van der Waals surface area (Å²) in [5.41, 5.74) is 1.13. The number of rotatable bonds is 0. The van der Waals surface area contributed by atoms with Gasteiger partial charge in [-0.05, 0) is 24.3 Å². The molecule has 0 aliphatic carbocycles. The molecule has 2 heterocycles. The van der Waals surface area contributed by atoms with Gasteiger partial charge in [0.1, 0.15) is 0 Å². The van der Waals surface area contributed by atoms with Gasteiger partial charge in [0.2, 0.25) is 0 Å². The van der Waals surface area contributed by atoms with Gasteiger partial charge in [0.05, 0.1) is 0 Å². The van der Waals surface area contributed by atoms with E-state index >= 15 is 0 Å². The van der Waals surface area contributed by atoms with Crippen molar-refractivity contribution in [3.8, 4) is 0 Å². The van der Waals surface area contributed by atoms with Gasteiger partial charge in [0.15, 0.2) is 0 Å². The summed E-state index contributed by atoms with van der Waals surface area (Å²) in [4.78, 5) is 0. The first-order valence-corrected chi connectivity index (χ1v) is 3.46. The predicted molar refractivity (Wildman–Crippen MR) is 42.4 cm³/mol. The normalized spacial score (nSPS) is 10.5. The lowest BCUT2D eigenvalue weighted by Crippen LogP contribution is -1.77. The Morgan fingerprint density at radius 2 is 2.10 bits per heavy atom. The number of aromatic nitrogens is 1. The Labute approximate surface area is 63.9 Å². The highest BCUT2D eigenvalue weighted by Gasteiger charge is 1.90. The minimum Gasteiger partial charge on any atom is -0.324 e. The zero-order valence-electron chi connectivity index (χ0n) is 5.29. The van der Waals surface area contributed by atoms with Gasteiger partial charge in [-0.25, -0.2) is 0 Å². The van der Waals surface area contributed by atoms with Crippen LogP contribution < -0.4 is 0 Å². The van der Waals surface area contributed by atoms with Crippen molar-refractivity contribution in [2.75, 3.05) is 0 Å². The molecule has 2 aromatic heterocycles. The third kappa shape index (κ3) is 0.792. The van der Waals surface area contributed by atoms with Crippen molar-refractivity contribution in [2.45, 2.75) is 0 Å². The van der Waals surface area contributed by atoms with Crippen molar-refractivity contribution in [1.29, 1.82) is 0 Å². The average Bonchev–Trinajstić information content (AvgIpc) is 2.33. The monoisotopic (exact) mass is 151 g/mol. The third-order valence-corrected chi connectivity index (χ3v) is 1.73. The highest BCUT2D eigenvalue weighted by molar-refractivity contribution is 6.30. The van der Waals surface area contributed by atoms with Gasteiger partial charge in [0.25, 0.3) is 0 Å². The molecule has 0 aliphatic heterocycles. The predicted octanol–water partition coefficient (Wildman–Crippen LogP) is 2.59. The molecule has 0 unspecified atom stereocenters. The maximum Gasteiger partial charge on any atom is 0.0464 e. The molecular weight excluding hydrogens is 146 g/mol. The number of nitrogens with zero attached hydrogens (tertiary/aromatic N) is 1. The van der Waals surface area contributed by atoms with Crippen LogP contribution in [0.15, 0.2) is 36.7 Å². The van der Waals surface area contributed by atoms with Crippen LogP contribution in [0.1, 0.15) is 0 Å². The van der Waals surface area contributed by atoms with Crippen molar-refractivity contribution in [1.82, 2.24) is 4.40 Å². The minimum absolute atomic E-state index is 0.784. The molecule has 0 saturated carbocycles. The molecule has 0 aromatic carbocycles. The Morgan fingerprint density at radius 3 is 3.00 bits per heavy atom. The molecule has 0 saturated heterocycles. The first-order chi connectivity index (χ1) is 4.86. The first kappa shape index (κ1) is 5.81. The second-order valence-corrected chi connectivity index (χ2v) is 2.62. The molecule has 2 heteroatoms. The smallest absolute Gasteiger partial charge is 0.0464 e. The standard InChI is InChI=1S/C8H6ClN/c9-7-3-5-10-4-1-2-8(10)6-7/h1-6H. The summed E-state index contributed by atoms with van der Waals surface area (Å²) < 4.78 is 2.02. The summed E-state index contributed by atoms with van der Waals surface area (Å²) in [5, 5.41) is 0.784. The lowest BCUT2D eigenvalue weighted by molar-refractivity contribution is 1.20. The fourth-order valence-corrected chi connectivity index (χ4v) is 1.17. The maximum absolute atomic E-state index is 5.76. The van der Waals surface area contributed by atoms with Crippen LogP contribution in [0, 0.1) is 0 Å². The SMILES string of the molecule is Clc1ccn2cccc2c1. The van der Waals surface area contributed by atoms with E-state index in [2.05, 4.69) is 0 Å². The van der Waals surface area contributed by atoms with Crippen LogP contribution in [0.5, 0.6) is 0 Å². The van der Waals surface area contributed by atoms with E-state index in [4.69, 9.17) is 11.6 Å². The van der Waals surface area contributed by atoms with Gasteiger partial charge < -0.3 is 4.40 Å². The van der Waals surface area contributed by atoms with Gasteiger partial charge in [-0.1, -0.05) is 11.6 Å². The first-order valence-electron chi connectivity index (χ1n) is 3.08. The highest BCUT2D eigenvalue weighted by atomic mass is 35.5. The van der Waals surface area contributed by atoms with Crippen LogP contribution in [-0.2, 0) is 0 Å². The molecule has 2 aromatic rings. The molecule has 0 bridgehead atoms. The van der Waals surface area contributed by atoms with Gasteiger partial charge in [-0.3, -0.25) is 0 Å². The van der Waals surface area contributed by atoms with Crippen LogP contribution in [0.3, 0.4) is 0 Å². The van der Waals surface area contributed by atoms with Crippen molar-refractivity contribution >= 4 is 17.1 Å². The molecule has 0 fully saturated rings. The van der Waals surface area contributed by atoms with Gasteiger partial charge >= 0.3 is 0 Å². The molecule has 0 atom stereocenters. The van der Waals surface area contributed by atoms with E-state index in [9.17, 15) is 0 Å². The molecule has 50 valence electrons. The van der Waals surface area contributed by atoms with Crippen LogP contribution in [0.25, 0.3) is 5.52 Å². The summed E-state index contributed by atoms with van der Waals surface area (Å²) in [5.74, 6) is 0. The Morgan fingerprint density at radius 1 is 1.20 bits per heavy atom. The molecule has 2 rings (SSSR count). The lowest BCUT2D eigenvalue weighted by atomic mass is 10.4. The van der Waals surface area contributed by atoms with E-state index in [0.29, 0.717) is 0 Å². The molecular formula is C8H6ClN. The van der Waals surface area contributed by atoms with Crippen molar-refractivity contribution < 1.29 is 0 Å². The molecule has 0 spiro atoms. The van der Waals surface area contributed by atoms with Crippen LogP contribution in [-0.4, -0.2) is 4.40 Å². The second kappa shape index (κ2) is 2.03. The number of hydrogen-bond donors (Lipinski definition) is 0. The van der Waals surface area contributed by atoms with Crippen LogP contribution >= 0.6 is 11.6 Å². The van der Waals surface area contributed by atoms with E-state index in [1.165, 1.54) is 0 Å². The largest absolute Gasteiger partial charge is 0.324 e. The summed E-state index contributed by atoms with van der Waals surface area (Å²) in [7, 11) is 0. The Kier molecular flexibility index (Phi) is 1.18. The summed E-state index contributed by atoms with van der Waals surface area (Å²) >= 11 is 5.76. The van der Waals surface area contributed by atoms with Crippen molar-refractivity contribution in [3.05, 3.63) is 41.7 Å². The van der Waals surface area contributed by atoms with Crippen LogP contribution in [0.2, 0.25) is 5.02 Å². The topological polar surface area (TPSA) is 4.41 Å². The van der Waals surface area contributed by atoms with E-state index in [-0.39, 0.29) is 0 Å². The molecule has 1 nitrogen and oxygen atoms in total. The molecule has 0 N–H and O–H groups in total. The second-order valence-electron chi connectivity index (χ2n) is 2.19. The van der Waals surface area contributed by atoms with Gasteiger partial charge in [-0.15, -0.1) is 0 Å². The summed E-state index contributed by atoms with van der Waals surface area (Å²) in [6.07, 6.45) is 3.93. The lowest BCUT2D eigenvalue weighted by Gasteiger charge is -1.92. The van der Waals surface area contributed by atoms with E-state index < -0.39 is 0 Å². The number of hydrogen-bond acceptors (Lipinski definition) is 0. The third-order valence-electron chi connectivity index (χ3n) is 1.49. The fourth-order valence-electron chi connectivity index (χ4n) is 1.01. The molecule has 0 amide bonds.